The molecule has 5 rings (SSSR count). The van der Waals surface area contributed by atoms with Crippen molar-refractivity contribution < 1.29 is 24.1 Å². The zero-order valence-corrected chi connectivity index (χ0v) is 22.4. The van der Waals surface area contributed by atoms with E-state index in [1.807, 2.05) is 0 Å². The molecule has 0 radical (unpaired) electrons. The summed E-state index contributed by atoms with van der Waals surface area (Å²) < 4.78 is 0. The zero-order valence-electron chi connectivity index (χ0n) is 18.4. The molecule has 36 heavy (non-hydrogen) atoms. The number of Topliss-reactive ketones (excluding diaryl/α,β-unsaturated/α-hetero) is 1. The molecule has 12 heteroatoms. The molecule has 1 heterocycles. The topological polar surface area (TPSA) is 118 Å². The quantitative estimate of drug-likeness (QED) is 0.153. The molecule has 3 fully saturated rings. The lowest BCUT2D eigenvalue weighted by molar-refractivity contribution is -0.384. The Kier molecular flexibility index (Phi) is 6.50. The number of carbonyl (C=O) groups is 4. The molecule has 0 N–H and O–H groups in total. The smallest absolute Gasteiger partial charge is 0.273 e. The van der Waals surface area contributed by atoms with Crippen LogP contribution in [0.4, 0.5) is 5.69 Å². The van der Waals surface area contributed by atoms with Gasteiger partial charge in [-0.3, -0.25) is 29.3 Å². The van der Waals surface area contributed by atoms with Crippen molar-refractivity contribution in [2.45, 2.75) is 16.1 Å². The molecule has 2 aliphatic carbocycles. The molecule has 3 amide bonds. The summed E-state index contributed by atoms with van der Waals surface area (Å²) in [6.45, 7) is -0.606. The van der Waals surface area contributed by atoms with E-state index >= 15 is 0 Å². The molecule has 9 nitrogen and oxygen atoms in total. The minimum absolute atomic E-state index is 0.00271. The molecule has 2 saturated carbocycles. The van der Waals surface area contributed by atoms with Crippen molar-refractivity contribution in [1.29, 1.82) is 0 Å². The number of carbonyl (C=O) groups excluding carboxylic acids is 4. The lowest BCUT2D eigenvalue weighted by Crippen LogP contribution is -2.52. The van der Waals surface area contributed by atoms with Crippen molar-refractivity contribution in [3.8, 4) is 0 Å². The number of non-ortho nitro benzene ring substituents is 1. The molecular weight excluding hydrogens is 622 g/mol. The van der Waals surface area contributed by atoms with Crippen LogP contribution in [0, 0.1) is 33.8 Å². The molecule has 2 aromatic carbocycles. The van der Waals surface area contributed by atoms with Crippen LogP contribution in [0.5, 0.6) is 0 Å². The predicted molar refractivity (Wildman–Crippen MR) is 136 cm³/mol. The highest BCUT2D eigenvalue weighted by atomic mass is 79.9. The van der Waals surface area contributed by atoms with Gasteiger partial charge in [0.2, 0.25) is 0 Å². The first-order valence-corrected chi connectivity index (χ1v) is 13.3. The van der Waals surface area contributed by atoms with Gasteiger partial charge in [-0.2, -0.15) is 5.01 Å². The van der Waals surface area contributed by atoms with Gasteiger partial charge in [-0.1, -0.05) is 49.5 Å². The number of hydrogen-bond acceptors (Lipinski definition) is 6. The maximum Gasteiger partial charge on any atom is 0.273 e. The molecule has 6 atom stereocenters. The van der Waals surface area contributed by atoms with Crippen LogP contribution in [-0.2, 0) is 9.59 Å². The number of nitro benzene ring substituents is 1. The fourth-order valence-electron chi connectivity index (χ4n) is 5.57. The van der Waals surface area contributed by atoms with E-state index < -0.39 is 46.8 Å². The molecule has 186 valence electrons. The molecular formula is C24H18Br2ClN3O6. The standard InChI is InChI=1S/C24H18Br2ClN3O6/c25-20-15-9-16(21(20)26)19-18(15)23(33)29(24(19)34)28(10-17(31)11-4-6-13(27)7-5-11)22(32)12-2-1-3-14(8-12)30(35)36/h1-8,15-16,18-21H,9-10H2/t15-,16-,18-,19-,20+,21+/m1/s1. The predicted octanol–water partition coefficient (Wildman–Crippen LogP) is 4.27. The van der Waals surface area contributed by atoms with E-state index in [9.17, 15) is 29.3 Å². The number of benzene rings is 2. The van der Waals surface area contributed by atoms with Gasteiger partial charge in [0.1, 0.15) is 6.54 Å². The SMILES string of the molecule is O=C(CN(C(=O)c1cccc([N+](=O)[O-])c1)N1C(=O)[C@@H]2[C@H]3C[C@@H]([C@H](Br)[C@H]3Br)[C@H]2C1=O)c1ccc(Cl)cc1. The average molecular weight is 640 g/mol. The van der Waals surface area contributed by atoms with Crippen LogP contribution in [0.3, 0.4) is 0 Å². The summed E-state index contributed by atoms with van der Waals surface area (Å²) in [4.78, 5) is 64.5. The highest BCUT2D eigenvalue weighted by molar-refractivity contribution is 9.12. The first-order chi connectivity index (χ1) is 17.1. The number of nitrogens with zero attached hydrogens (tertiary/aromatic N) is 3. The molecule has 1 aliphatic heterocycles. The average Bonchev–Trinajstić information content (AvgIpc) is 3.47. The van der Waals surface area contributed by atoms with Crippen molar-refractivity contribution in [2.75, 3.05) is 6.54 Å². The highest BCUT2D eigenvalue weighted by Gasteiger charge is 2.67. The van der Waals surface area contributed by atoms with Crippen LogP contribution in [0.2, 0.25) is 5.02 Å². The monoisotopic (exact) mass is 637 g/mol. The number of ketones is 1. The van der Waals surface area contributed by atoms with E-state index in [0.717, 1.165) is 16.1 Å². The summed E-state index contributed by atoms with van der Waals surface area (Å²) >= 11 is 13.2. The van der Waals surface area contributed by atoms with Crippen molar-refractivity contribution >= 4 is 72.7 Å². The fraction of sp³-hybridized carbons (Fsp3) is 0.333. The molecule has 2 bridgehead atoms. The Labute approximate surface area is 227 Å². The van der Waals surface area contributed by atoms with E-state index in [0.29, 0.717) is 11.4 Å². The van der Waals surface area contributed by atoms with Gasteiger partial charge >= 0.3 is 0 Å². The Balaban J connectivity index is 1.52. The Morgan fingerprint density at radius 3 is 2.14 bits per heavy atom. The number of fused-ring (bicyclic) bond motifs is 5. The van der Waals surface area contributed by atoms with Gasteiger partial charge in [0.25, 0.3) is 23.4 Å². The van der Waals surface area contributed by atoms with Crippen molar-refractivity contribution in [3.63, 3.8) is 0 Å². The van der Waals surface area contributed by atoms with Crippen LogP contribution in [0.25, 0.3) is 0 Å². The Hall–Kier alpha value is -2.63. The lowest BCUT2D eigenvalue weighted by Gasteiger charge is -2.30. The number of imide groups is 1. The highest BCUT2D eigenvalue weighted by Crippen LogP contribution is 2.60. The van der Waals surface area contributed by atoms with Crippen LogP contribution < -0.4 is 0 Å². The summed E-state index contributed by atoms with van der Waals surface area (Å²) in [5.74, 6) is -3.85. The minimum Gasteiger partial charge on any atom is -0.292 e. The van der Waals surface area contributed by atoms with E-state index in [-0.39, 0.29) is 38.3 Å². The van der Waals surface area contributed by atoms with Crippen molar-refractivity contribution in [1.82, 2.24) is 10.0 Å². The van der Waals surface area contributed by atoms with Crippen molar-refractivity contribution in [3.05, 3.63) is 74.8 Å². The van der Waals surface area contributed by atoms with Crippen molar-refractivity contribution in [2.24, 2.45) is 23.7 Å². The Morgan fingerprint density at radius 2 is 1.58 bits per heavy atom. The van der Waals surface area contributed by atoms with Crippen LogP contribution >= 0.6 is 43.5 Å². The summed E-state index contributed by atoms with van der Waals surface area (Å²) in [6, 6.07) is 10.9. The second kappa shape index (κ2) is 9.35. The third-order valence-electron chi connectivity index (χ3n) is 7.20. The fourth-order valence-corrected chi connectivity index (χ4v) is 7.57. The number of hydrazine groups is 1. The zero-order chi connectivity index (χ0) is 25.9. The van der Waals surface area contributed by atoms with Gasteiger partial charge in [0.05, 0.1) is 16.8 Å². The van der Waals surface area contributed by atoms with E-state index in [1.165, 1.54) is 42.5 Å². The summed E-state index contributed by atoms with van der Waals surface area (Å²) in [6.07, 6.45) is 0.703. The number of hydrogen-bond donors (Lipinski definition) is 0. The number of alkyl halides is 2. The normalized spacial score (nSPS) is 28.4. The molecule has 0 aromatic heterocycles. The van der Waals surface area contributed by atoms with Gasteiger partial charge in [-0.25, -0.2) is 5.01 Å². The number of halogens is 3. The summed E-state index contributed by atoms with van der Waals surface area (Å²) in [5.41, 5.74) is -0.217. The van der Waals surface area contributed by atoms with E-state index in [1.54, 1.807) is 0 Å². The second-order valence-electron chi connectivity index (χ2n) is 9.09. The number of nitro groups is 1. The molecule has 3 aliphatic rings. The van der Waals surface area contributed by atoms with Gasteiger partial charge in [0, 0.05) is 37.9 Å². The number of amides is 3. The van der Waals surface area contributed by atoms with Gasteiger partial charge in [-0.15, -0.1) is 0 Å². The minimum atomic E-state index is -0.860. The first-order valence-electron chi connectivity index (χ1n) is 11.1. The Morgan fingerprint density at radius 1 is 1.00 bits per heavy atom. The second-order valence-corrected chi connectivity index (χ2v) is 11.6. The molecule has 2 aromatic rings. The first kappa shape index (κ1) is 25.0. The summed E-state index contributed by atoms with van der Waals surface area (Å²) in [5, 5.41) is 13.3. The van der Waals surface area contributed by atoms with Gasteiger partial charge in [-0.05, 0) is 48.6 Å². The van der Waals surface area contributed by atoms with Crippen LogP contribution in [0.1, 0.15) is 27.1 Å². The van der Waals surface area contributed by atoms with Crippen LogP contribution in [-0.4, -0.2) is 54.6 Å². The van der Waals surface area contributed by atoms with Gasteiger partial charge in [0.15, 0.2) is 5.78 Å². The van der Waals surface area contributed by atoms with E-state index in [2.05, 4.69) is 31.9 Å². The Bertz CT molecular complexity index is 1270. The summed E-state index contributed by atoms with van der Waals surface area (Å²) in [7, 11) is 0. The van der Waals surface area contributed by atoms with Crippen LogP contribution in [0.15, 0.2) is 48.5 Å². The third kappa shape index (κ3) is 3.97. The molecule has 1 saturated heterocycles. The van der Waals surface area contributed by atoms with Gasteiger partial charge < -0.3 is 0 Å². The number of rotatable bonds is 6. The van der Waals surface area contributed by atoms with E-state index in [4.69, 9.17) is 11.6 Å². The lowest BCUT2D eigenvalue weighted by atomic mass is 9.81. The maximum absolute atomic E-state index is 13.6. The third-order valence-corrected chi connectivity index (χ3v) is 10.7. The largest absolute Gasteiger partial charge is 0.292 e. The maximum atomic E-state index is 13.6. The molecule has 0 unspecified atom stereocenters. The molecule has 0 spiro atoms.